The van der Waals surface area contributed by atoms with Gasteiger partial charge >= 0.3 is 0 Å². The predicted octanol–water partition coefficient (Wildman–Crippen LogP) is 3.11. The largest absolute Gasteiger partial charge is 0.399 e. The Morgan fingerprint density at radius 3 is 2.65 bits per heavy atom. The lowest BCUT2D eigenvalue weighted by Gasteiger charge is -2.10. The van der Waals surface area contributed by atoms with Gasteiger partial charge in [0.1, 0.15) is 5.82 Å². The summed E-state index contributed by atoms with van der Waals surface area (Å²) in [6, 6.07) is 10.4. The average Bonchev–Trinajstić information content (AvgIpc) is 2.33. The van der Waals surface area contributed by atoms with Gasteiger partial charge in [-0.3, -0.25) is 4.72 Å². The van der Waals surface area contributed by atoms with Crippen molar-refractivity contribution in [3.8, 4) is 0 Å². The van der Waals surface area contributed by atoms with Crippen LogP contribution in [0.3, 0.4) is 0 Å². The normalized spacial score (nSPS) is 11.3. The molecule has 0 bridgehead atoms. The van der Waals surface area contributed by atoms with Crippen LogP contribution >= 0.6 is 15.9 Å². The second kappa shape index (κ2) is 5.80. The Morgan fingerprint density at radius 2 is 1.95 bits per heavy atom. The van der Waals surface area contributed by atoms with Gasteiger partial charge in [0, 0.05) is 10.2 Å². The van der Waals surface area contributed by atoms with E-state index in [9.17, 15) is 12.8 Å². The molecule has 0 radical (unpaired) electrons. The highest BCUT2D eigenvalue weighted by Crippen LogP contribution is 2.25. The Morgan fingerprint density at radius 1 is 1.20 bits per heavy atom. The fraction of sp³-hybridized carbons (Fsp3) is 0.0769. The van der Waals surface area contributed by atoms with Crippen molar-refractivity contribution in [3.63, 3.8) is 0 Å². The number of hydrogen-bond donors (Lipinski definition) is 2. The van der Waals surface area contributed by atoms with E-state index in [1.165, 1.54) is 12.1 Å². The second-order valence-electron chi connectivity index (χ2n) is 4.23. The number of benzene rings is 2. The standard InChI is InChI=1S/C13H12BrFN2O2S/c14-12-5-4-10(15)7-13(12)17-20(18,19)8-9-2-1-3-11(16)6-9/h1-7,17H,8,16H2. The van der Waals surface area contributed by atoms with Gasteiger partial charge in [-0.05, 0) is 51.8 Å². The molecule has 2 rings (SSSR count). The van der Waals surface area contributed by atoms with Gasteiger partial charge < -0.3 is 5.73 Å². The lowest BCUT2D eigenvalue weighted by molar-refractivity contribution is 0.600. The van der Waals surface area contributed by atoms with E-state index in [1.807, 2.05) is 0 Å². The lowest BCUT2D eigenvalue weighted by atomic mass is 10.2. The molecule has 2 aromatic carbocycles. The Hall–Kier alpha value is -1.60. The van der Waals surface area contributed by atoms with Crippen molar-refractivity contribution in [2.75, 3.05) is 10.5 Å². The van der Waals surface area contributed by atoms with Crippen LogP contribution in [0.15, 0.2) is 46.9 Å². The van der Waals surface area contributed by atoms with Crippen LogP contribution in [-0.4, -0.2) is 8.42 Å². The van der Waals surface area contributed by atoms with Gasteiger partial charge in [0.25, 0.3) is 0 Å². The van der Waals surface area contributed by atoms with E-state index in [1.54, 1.807) is 24.3 Å². The lowest BCUT2D eigenvalue weighted by Crippen LogP contribution is -2.15. The zero-order valence-corrected chi connectivity index (χ0v) is 12.7. The van der Waals surface area contributed by atoms with Crippen LogP contribution in [0.1, 0.15) is 5.56 Å². The SMILES string of the molecule is Nc1cccc(CS(=O)(=O)Nc2cc(F)ccc2Br)c1. The highest BCUT2D eigenvalue weighted by Gasteiger charge is 2.14. The van der Waals surface area contributed by atoms with E-state index in [4.69, 9.17) is 5.73 Å². The first kappa shape index (κ1) is 14.8. The molecule has 0 atom stereocenters. The Kier molecular flexibility index (Phi) is 4.29. The molecule has 0 aromatic heterocycles. The minimum atomic E-state index is -3.65. The molecule has 0 fully saturated rings. The first-order valence-electron chi connectivity index (χ1n) is 5.66. The van der Waals surface area contributed by atoms with E-state index >= 15 is 0 Å². The maximum Gasteiger partial charge on any atom is 0.236 e. The third-order valence-electron chi connectivity index (χ3n) is 2.50. The number of hydrogen-bond acceptors (Lipinski definition) is 3. The molecule has 0 unspecified atom stereocenters. The number of halogens is 2. The van der Waals surface area contributed by atoms with Crippen molar-refractivity contribution in [1.29, 1.82) is 0 Å². The summed E-state index contributed by atoms with van der Waals surface area (Å²) in [5.41, 5.74) is 6.81. The molecule has 0 saturated heterocycles. The smallest absolute Gasteiger partial charge is 0.236 e. The van der Waals surface area contributed by atoms with Crippen LogP contribution in [0.25, 0.3) is 0 Å². The van der Waals surface area contributed by atoms with Gasteiger partial charge in [-0.1, -0.05) is 12.1 Å². The Balaban J connectivity index is 2.21. The maximum atomic E-state index is 13.1. The molecule has 0 heterocycles. The summed E-state index contributed by atoms with van der Waals surface area (Å²) >= 11 is 3.17. The van der Waals surface area contributed by atoms with Crippen LogP contribution in [0.4, 0.5) is 15.8 Å². The first-order valence-corrected chi connectivity index (χ1v) is 8.10. The maximum absolute atomic E-state index is 13.1. The third-order valence-corrected chi connectivity index (χ3v) is 4.44. The average molecular weight is 359 g/mol. The van der Waals surface area contributed by atoms with E-state index in [-0.39, 0.29) is 11.4 Å². The molecular formula is C13H12BrFN2O2S. The molecule has 2 aromatic rings. The van der Waals surface area contributed by atoms with Crippen LogP contribution in [0.2, 0.25) is 0 Å². The van der Waals surface area contributed by atoms with Gasteiger partial charge in [-0.2, -0.15) is 0 Å². The molecule has 3 N–H and O–H groups in total. The Bertz CT molecular complexity index is 735. The number of rotatable bonds is 4. The number of sulfonamides is 1. The highest BCUT2D eigenvalue weighted by molar-refractivity contribution is 9.10. The highest BCUT2D eigenvalue weighted by atomic mass is 79.9. The topological polar surface area (TPSA) is 72.2 Å². The van der Waals surface area contributed by atoms with Gasteiger partial charge in [0.15, 0.2) is 0 Å². The quantitative estimate of drug-likeness (QED) is 0.824. The van der Waals surface area contributed by atoms with Crippen LogP contribution in [0.5, 0.6) is 0 Å². The van der Waals surface area contributed by atoms with Crippen molar-refractivity contribution < 1.29 is 12.8 Å². The second-order valence-corrected chi connectivity index (χ2v) is 6.81. The van der Waals surface area contributed by atoms with Crippen LogP contribution in [0, 0.1) is 5.82 Å². The van der Waals surface area contributed by atoms with E-state index in [0.29, 0.717) is 15.7 Å². The summed E-state index contributed by atoms with van der Waals surface area (Å²) in [5.74, 6) is -0.754. The number of nitrogens with two attached hydrogens (primary N) is 1. The monoisotopic (exact) mass is 358 g/mol. The minimum Gasteiger partial charge on any atom is -0.399 e. The van der Waals surface area contributed by atoms with Crippen LogP contribution < -0.4 is 10.5 Å². The summed E-state index contributed by atoms with van der Waals surface area (Å²) in [5, 5.41) is 0. The molecule has 7 heteroatoms. The number of nitrogens with one attached hydrogen (secondary N) is 1. The van der Waals surface area contributed by atoms with Crippen molar-refractivity contribution in [2.45, 2.75) is 5.75 Å². The third kappa shape index (κ3) is 3.94. The number of anilines is 2. The summed E-state index contributed by atoms with van der Waals surface area (Å²) < 4.78 is 40.0. The fourth-order valence-electron chi connectivity index (χ4n) is 1.68. The van der Waals surface area contributed by atoms with E-state index < -0.39 is 15.8 Å². The predicted molar refractivity (Wildman–Crippen MR) is 81.2 cm³/mol. The molecule has 20 heavy (non-hydrogen) atoms. The van der Waals surface area contributed by atoms with Gasteiger partial charge in [0.05, 0.1) is 11.4 Å². The van der Waals surface area contributed by atoms with Gasteiger partial charge in [-0.15, -0.1) is 0 Å². The zero-order chi connectivity index (χ0) is 14.8. The van der Waals surface area contributed by atoms with E-state index in [2.05, 4.69) is 20.7 Å². The summed E-state index contributed by atoms with van der Waals surface area (Å²) in [4.78, 5) is 0. The number of nitrogen functional groups attached to an aromatic ring is 1. The van der Waals surface area contributed by atoms with Crippen molar-refractivity contribution in [1.82, 2.24) is 0 Å². The molecule has 0 aliphatic carbocycles. The first-order chi connectivity index (χ1) is 9.35. The van der Waals surface area contributed by atoms with E-state index in [0.717, 1.165) is 6.07 Å². The van der Waals surface area contributed by atoms with Gasteiger partial charge in [-0.25, -0.2) is 12.8 Å². The van der Waals surface area contributed by atoms with Gasteiger partial charge in [0.2, 0.25) is 10.0 Å². The van der Waals surface area contributed by atoms with Crippen molar-refractivity contribution >= 4 is 37.3 Å². The summed E-state index contributed by atoms with van der Waals surface area (Å²) in [6.07, 6.45) is 0. The molecule has 4 nitrogen and oxygen atoms in total. The molecular weight excluding hydrogens is 347 g/mol. The summed E-state index contributed by atoms with van der Waals surface area (Å²) in [7, 11) is -3.65. The molecule has 106 valence electrons. The Labute approximate surface area is 125 Å². The summed E-state index contributed by atoms with van der Waals surface area (Å²) in [6.45, 7) is 0. The minimum absolute atomic E-state index is 0.161. The van der Waals surface area contributed by atoms with Crippen LogP contribution in [-0.2, 0) is 15.8 Å². The van der Waals surface area contributed by atoms with Crippen molar-refractivity contribution in [3.05, 3.63) is 58.3 Å². The molecule has 0 spiro atoms. The molecule has 0 aliphatic rings. The molecule has 0 aliphatic heterocycles. The zero-order valence-electron chi connectivity index (χ0n) is 10.3. The molecule has 0 amide bonds. The fourth-order valence-corrected chi connectivity index (χ4v) is 3.35. The molecule has 0 saturated carbocycles. The van der Waals surface area contributed by atoms with Crippen molar-refractivity contribution in [2.24, 2.45) is 0 Å².